The van der Waals surface area contributed by atoms with Crippen LogP contribution < -0.4 is 0 Å². The second kappa shape index (κ2) is 18.8. The number of H-pyrrole nitrogens is 1. The molecule has 0 spiro atoms. The van der Waals surface area contributed by atoms with E-state index in [1.54, 1.807) is 4.68 Å². The average molecular weight is 438 g/mol. The van der Waals surface area contributed by atoms with Gasteiger partial charge in [-0.2, -0.15) is 0 Å². The first-order valence-corrected chi connectivity index (χ1v) is 13.3. The Bertz CT molecular complexity index is 593. The summed E-state index contributed by atoms with van der Waals surface area (Å²) in [5, 5.41) is 2.98. The number of unbranched alkanes of at least 4 members (excludes halogenated alkanes) is 16. The molecule has 0 unspecified atom stereocenters. The van der Waals surface area contributed by atoms with Crippen LogP contribution in [0.1, 0.15) is 146 Å². The lowest BCUT2D eigenvalue weighted by Gasteiger charge is -2.06. The summed E-state index contributed by atoms with van der Waals surface area (Å²) < 4.78 is 2.05. The maximum absolute atomic E-state index is 12.6. The SMILES string of the molecule is CCCCCCCCCCCC(=O)n1[nH]c(=S)nc1CCCCCCCCCCC. The van der Waals surface area contributed by atoms with Gasteiger partial charge in [0.15, 0.2) is 0 Å². The number of carbonyl (C=O) groups is 1. The summed E-state index contributed by atoms with van der Waals surface area (Å²) >= 11 is 5.18. The zero-order chi connectivity index (χ0) is 21.9. The molecule has 1 aromatic rings. The Hall–Kier alpha value is -0.970. The minimum atomic E-state index is 0.118. The third-order valence-electron chi connectivity index (χ3n) is 5.94. The van der Waals surface area contributed by atoms with Crippen molar-refractivity contribution in [3.05, 3.63) is 10.6 Å². The van der Waals surface area contributed by atoms with Crippen molar-refractivity contribution in [2.75, 3.05) is 0 Å². The highest BCUT2D eigenvalue weighted by Gasteiger charge is 2.12. The third kappa shape index (κ3) is 13.4. The number of hydrogen-bond acceptors (Lipinski definition) is 3. The predicted octanol–water partition coefficient (Wildman–Crippen LogP) is 8.58. The van der Waals surface area contributed by atoms with E-state index in [9.17, 15) is 4.79 Å². The van der Waals surface area contributed by atoms with Gasteiger partial charge < -0.3 is 0 Å². The molecule has 0 atom stereocenters. The fraction of sp³-hybridized carbons (Fsp3) is 0.880. The highest BCUT2D eigenvalue weighted by atomic mass is 32.1. The van der Waals surface area contributed by atoms with Crippen molar-refractivity contribution < 1.29 is 4.79 Å². The Morgan fingerprint density at radius 1 is 0.733 bits per heavy atom. The van der Waals surface area contributed by atoms with E-state index in [0.29, 0.717) is 11.2 Å². The van der Waals surface area contributed by atoms with Crippen LogP contribution in [0.25, 0.3) is 0 Å². The van der Waals surface area contributed by atoms with Crippen LogP contribution in [0.5, 0.6) is 0 Å². The summed E-state index contributed by atoms with van der Waals surface area (Å²) in [5.74, 6) is 0.941. The van der Waals surface area contributed by atoms with Crippen molar-refractivity contribution in [3.63, 3.8) is 0 Å². The lowest BCUT2D eigenvalue weighted by atomic mass is 10.1. The molecule has 0 saturated heterocycles. The normalized spacial score (nSPS) is 11.3. The molecule has 1 heterocycles. The molecule has 1 rings (SSSR count). The van der Waals surface area contributed by atoms with Crippen molar-refractivity contribution in [2.24, 2.45) is 0 Å². The molecule has 0 aliphatic rings. The highest BCUT2D eigenvalue weighted by Crippen LogP contribution is 2.13. The summed E-state index contributed by atoms with van der Waals surface area (Å²) in [6.45, 7) is 4.52. The predicted molar refractivity (Wildman–Crippen MR) is 131 cm³/mol. The van der Waals surface area contributed by atoms with E-state index in [1.165, 1.54) is 96.3 Å². The molecule has 5 heteroatoms. The van der Waals surface area contributed by atoms with Crippen LogP contribution in [0.2, 0.25) is 0 Å². The summed E-state index contributed by atoms with van der Waals surface area (Å²) in [6, 6.07) is 0. The molecule has 0 amide bonds. The standard InChI is InChI=1S/C25H47N3OS/c1-3-5-7-9-11-13-15-17-19-21-23-26-25(30)27-28(23)24(29)22-20-18-16-14-12-10-8-6-4-2/h3-22H2,1-2H3,(H,27,30). The van der Waals surface area contributed by atoms with Crippen LogP contribution in [-0.2, 0) is 6.42 Å². The molecule has 174 valence electrons. The number of nitrogens with zero attached hydrogens (tertiary/aromatic N) is 2. The smallest absolute Gasteiger partial charge is 0.246 e. The Balaban J connectivity index is 2.16. The number of aromatic nitrogens is 3. The van der Waals surface area contributed by atoms with Crippen LogP contribution in [0, 0.1) is 4.77 Å². The van der Waals surface area contributed by atoms with Crippen molar-refractivity contribution >= 4 is 18.1 Å². The number of carbonyl (C=O) groups excluding carboxylic acids is 1. The van der Waals surface area contributed by atoms with Gasteiger partial charge in [0.25, 0.3) is 0 Å². The first-order chi connectivity index (χ1) is 14.7. The first kappa shape index (κ1) is 27.1. The van der Waals surface area contributed by atoms with Crippen LogP contribution in [0.4, 0.5) is 0 Å². The third-order valence-corrected chi connectivity index (χ3v) is 6.13. The van der Waals surface area contributed by atoms with Gasteiger partial charge in [-0.25, -0.2) is 9.67 Å². The van der Waals surface area contributed by atoms with Crippen molar-refractivity contribution in [1.29, 1.82) is 0 Å². The topological polar surface area (TPSA) is 50.7 Å². The van der Waals surface area contributed by atoms with E-state index >= 15 is 0 Å². The Morgan fingerprint density at radius 2 is 1.17 bits per heavy atom. The molecule has 0 aromatic carbocycles. The second-order valence-corrected chi connectivity index (χ2v) is 9.22. The molecular formula is C25H47N3OS. The van der Waals surface area contributed by atoms with E-state index in [4.69, 9.17) is 12.2 Å². The maximum Gasteiger partial charge on any atom is 0.246 e. The monoisotopic (exact) mass is 437 g/mol. The van der Waals surface area contributed by atoms with Crippen LogP contribution in [0.15, 0.2) is 0 Å². The Labute approximate surface area is 190 Å². The van der Waals surface area contributed by atoms with Crippen molar-refractivity contribution in [1.82, 2.24) is 14.8 Å². The van der Waals surface area contributed by atoms with E-state index in [0.717, 1.165) is 31.5 Å². The molecule has 30 heavy (non-hydrogen) atoms. The minimum Gasteiger partial charge on any atom is -0.273 e. The maximum atomic E-state index is 12.6. The zero-order valence-electron chi connectivity index (χ0n) is 19.9. The highest BCUT2D eigenvalue weighted by molar-refractivity contribution is 7.71. The first-order valence-electron chi connectivity index (χ1n) is 12.9. The molecule has 1 N–H and O–H groups in total. The van der Waals surface area contributed by atoms with Gasteiger partial charge >= 0.3 is 0 Å². The summed E-state index contributed by atoms with van der Waals surface area (Å²) in [6.07, 6.45) is 24.5. The van der Waals surface area contributed by atoms with Gasteiger partial charge in [0, 0.05) is 12.8 Å². The fourth-order valence-electron chi connectivity index (χ4n) is 4.02. The molecule has 0 aliphatic carbocycles. The van der Waals surface area contributed by atoms with Crippen LogP contribution in [-0.4, -0.2) is 20.7 Å². The van der Waals surface area contributed by atoms with Crippen molar-refractivity contribution in [3.8, 4) is 0 Å². The van der Waals surface area contributed by atoms with E-state index in [2.05, 4.69) is 23.9 Å². The molecule has 0 saturated carbocycles. The summed E-state index contributed by atoms with van der Waals surface area (Å²) in [7, 11) is 0. The molecular weight excluding hydrogens is 390 g/mol. The van der Waals surface area contributed by atoms with Gasteiger partial charge in [0.1, 0.15) is 5.82 Å². The molecule has 4 nitrogen and oxygen atoms in total. The number of nitrogens with one attached hydrogen (secondary N) is 1. The lowest BCUT2D eigenvalue weighted by Crippen LogP contribution is -2.15. The summed E-state index contributed by atoms with van der Waals surface area (Å²) in [5.41, 5.74) is 0. The number of aromatic amines is 1. The molecule has 0 bridgehead atoms. The Morgan fingerprint density at radius 3 is 1.67 bits per heavy atom. The van der Waals surface area contributed by atoms with Gasteiger partial charge in [0.05, 0.1) is 0 Å². The van der Waals surface area contributed by atoms with Gasteiger partial charge in [0.2, 0.25) is 10.7 Å². The van der Waals surface area contributed by atoms with Crippen LogP contribution in [0.3, 0.4) is 0 Å². The zero-order valence-corrected chi connectivity index (χ0v) is 20.7. The van der Waals surface area contributed by atoms with Gasteiger partial charge in [-0.15, -0.1) is 0 Å². The average Bonchev–Trinajstić information content (AvgIpc) is 3.11. The van der Waals surface area contributed by atoms with Crippen molar-refractivity contribution in [2.45, 2.75) is 142 Å². The summed E-state index contributed by atoms with van der Waals surface area (Å²) in [4.78, 5) is 17.0. The fourth-order valence-corrected chi connectivity index (χ4v) is 4.22. The van der Waals surface area contributed by atoms with E-state index in [1.807, 2.05) is 0 Å². The van der Waals surface area contributed by atoms with E-state index in [-0.39, 0.29) is 5.91 Å². The van der Waals surface area contributed by atoms with Gasteiger partial charge in [-0.1, -0.05) is 117 Å². The second-order valence-electron chi connectivity index (χ2n) is 8.83. The van der Waals surface area contributed by atoms with Gasteiger partial charge in [-0.05, 0) is 25.1 Å². The lowest BCUT2D eigenvalue weighted by molar-refractivity contribution is 0.0878. The number of hydrogen-bond donors (Lipinski definition) is 1. The molecule has 0 aliphatic heterocycles. The van der Waals surface area contributed by atoms with Gasteiger partial charge in [-0.3, -0.25) is 9.89 Å². The molecule has 0 radical (unpaired) electrons. The number of rotatable bonds is 20. The quantitative estimate of drug-likeness (QED) is 0.164. The largest absolute Gasteiger partial charge is 0.273 e. The van der Waals surface area contributed by atoms with E-state index < -0.39 is 0 Å². The number of aryl methyl sites for hydroxylation is 1. The van der Waals surface area contributed by atoms with Crippen LogP contribution >= 0.6 is 12.2 Å². The molecule has 0 fully saturated rings. The Kier molecular flexibility index (Phi) is 16.9. The molecule has 1 aromatic heterocycles. The minimum absolute atomic E-state index is 0.118.